The molecule has 8 heterocycles. The van der Waals surface area contributed by atoms with Gasteiger partial charge in [-0.3, -0.25) is 0 Å². The minimum Gasteiger partial charge on any atom is -0.872 e. The molecular formula is C97H112CeLi3O14. The van der Waals surface area contributed by atoms with Crippen LogP contribution in [0.4, 0.5) is 0 Å². The molecule has 115 heavy (non-hydrogen) atoms. The maximum Gasteiger partial charge on any atom is 3.00 e. The van der Waals surface area contributed by atoms with Gasteiger partial charge in [-0.25, -0.2) is 0 Å². The van der Waals surface area contributed by atoms with Gasteiger partial charge in [-0.1, -0.05) is 251 Å². The molecule has 0 aliphatic carbocycles. The number of unbranched alkanes of at least 4 members (excludes halogenated alkanes) is 2. The fourth-order valence-corrected chi connectivity index (χ4v) is 13.5. The molecule has 591 valence electrons. The van der Waals surface area contributed by atoms with Crippen molar-refractivity contribution in [2.24, 2.45) is 0 Å². The Labute approximate surface area is 752 Å². The average molecular weight is 1660 g/mol. The summed E-state index contributed by atoms with van der Waals surface area (Å²) in [5.41, 5.74) is 3.00. The predicted molar refractivity (Wildman–Crippen MR) is 443 cm³/mol. The maximum absolute atomic E-state index is 12.5. The average Bonchev–Trinajstić information content (AvgIpc) is 1.36. The van der Waals surface area contributed by atoms with Gasteiger partial charge in [0.25, 0.3) is 0 Å². The third kappa shape index (κ3) is 32.8. The van der Waals surface area contributed by atoms with E-state index in [9.17, 15) is 30.6 Å². The summed E-state index contributed by atoms with van der Waals surface area (Å²) >= 11 is 0. The first-order chi connectivity index (χ1) is 54.7. The van der Waals surface area contributed by atoms with Crippen LogP contribution < -0.4 is 87.2 Å². The van der Waals surface area contributed by atoms with Gasteiger partial charge in [0.1, 0.15) is 0 Å². The number of hydrogen-bond acceptors (Lipinski definition) is 14. The molecule has 0 aromatic heterocycles. The topological polar surface area (TPSA) is 212 Å². The van der Waals surface area contributed by atoms with E-state index in [0.717, 1.165) is 170 Å². The molecule has 0 saturated carbocycles. The van der Waals surface area contributed by atoms with Crippen molar-refractivity contribution >= 4 is 64.6 Å². The molecule has 0 amide bonds. The minimum absolute atomic E-state index is 0. The van der Waals surface area contributed by atoms with Gasteiger partial charge in [0.05, 0.1) is 0 Å². The fraction of sp³-hybridized carbons (Fsp3) is 0.381. The van der Waals surface area contributed by atoms with Gasteiger partial charge in [-0.05, 0) is 201 Å². The van der Waals surface area contributed by atoms with E-state index in [-0.39, 0.29) is 133 Å². The molecule has 0 unspecified atom stereocenters. The quantitative estimate of drug-likeness (QED) is 0.147. The van der Waals surface area contributed by atoms with Crippen LogP contribution in [0.3, 0.4) is 0 Å². The summed E-state index contributed by atoms with van der Waals surface area (Å²) in [7, 11) is 0. The van der Waals surface area contributed by atoms with Crippen LogP contribution in [-0.4, -0.2) is 106 Å². The zero-order valence-corrected chi connectivity index (χ0v) is 71.9. The Bertz CT molecular complexity index is 3820. The number of benzene rings is 12. The predicted octanol–water partition coefficient (Wildman–Crippen LogP) is 11.0. The summed E-state index contributed by atoms with van der Waals surface area (Å²) in [6.07, 6.45) is 24.5. The number of ether oxygens (including phenoxy) is 8. The molecular weight excluding hydrogens is 1550 g/mol. The summed E-state index contributed by atoms with van der Waals surface area (Å²) in [4.78, 5) is 0. The summed E-state index contributed by atoms with van der Waals surface area (Å²) in [5, 5.41) is 85.7. The molecule has 14 nitrogen and oxygen atoms in total. The monoisotopic (exact) mass is 1660 g/mol. The van der Waals surface area contributed by atoms with Crippen molar-refractivity contribution in [2.45, 2.75) is 136 Å². The molecule has 1 radical (unpaired) electrons. The van der Waals surface area contributed by atoms with Crippen LogP contribution >= 0.6 is 0 Å². The molecule has 18 heteroatoms. The molecule has 8 saturated heterocycles. The number of rotatable bonds is 5. The van der Waals surface area contributed by atoms with Gasteiger partial charge < -0.3 is 68.5 Å². The van der Waals surface area contributed by atoms with E-state index in [1.54, 1.807) is 72.8 Å². The molecule has 12 aromatic rings. The fourth-order valence-electron chi connectivity index (χ4n) is 13.5. The van der Waals surface area contributed by atoms with Gasteiger partial charge >= 0.3 is 98.3 Å². The summed E-state index contributed by atoms with van der Waals surface area (Å²) < 4.78 is 39.6. The van der Waals surface area contributed by atoms with Gasteiger partial charge in [-0.15, -0.1) is 34.5 Å². The normalized spacial score (nSPS) is 15.1. The zero-order valence-electron chi connectivity index (χ0n) is 68.7. The van der Waals surface area contributed by atoms with E-state index in [0.29, 0.717) is 33.4 Å². The van der Waals surface area contributed by atoms with E-state index in [1.165, 1.54) is 122 Å². The van der Waals surface area contributed by atoms with E-state index in [1.807, 2.05) is 146 Å². The van der Waals surface area contributed by atoms with Gasteiger partial charge in [-0.2, -0.15) is 0 Å². The van der Waals surface area contributed by atoms with E-state index in [4.69, 9.17) is 37.9 Å². The Balaban J connectivity index is 0.000000239. The van der Waals surface area contributed by atoms with Crippen LogP contribution in [0.25, 0.3) is 98.0 Å². The number of hydrogen-bond donors (Lipinski definition) is 0. The van der Waals surface area contributed by atoms with Gasteiger partial charge in [0.2, 0.25) is 0 Å². The molecule has 0 bridgehead atoms. The largest absolute Gasteiger partial charge is 3.00 e. The first-order valence-electron chi connectivity index (χ1n) is 40.4. The van der Waals surface area contributed by atoms with Crippen molar-refractivity contribution in [1.29, 1.82) is 0 Å². The van der Waals surface area contributed by atoms with Crippen LogP contribution in [0.2, 0.25) is 0 Å². The SMILES string of the molecule is C1CCOC1.C1CCOC1.C1CCOC1.C1CCOC1.C1CCOC1.C1CCOC1.C1CCOC1.C1CCOC1.CCCCC.[Ce+3].[Li+].[Li+].[Li+].[O-]c1ccc2ccccc2c1-c1c([O-])ccc2ccccc12.[O-]c1ccc2ccccc2c1-c1c([O-])ccc2ccccc12.[O-]c1ccc2ccccc2c1-c1c([O-])ccc2ccccc12. The minimum atomic E-state index is -0.118. The van der Waals surface area contributed by atoms with Crippen LogP contribution in [0, 0.1) is 41.7 Å². The van der Waals surface area contributed by atoms with Crippen LogP contribution in [0.1, 0.15) is 136 Å². The van der Waals surface area contributed by atoms with Crippen molar-refractivity contribution < 1.29 is 167 Å². The molecule has 12 aromatic carbocycles. The Morgan fingerprint density at radius 1 is 0.191 bits per heavy atom. The smallest absolute Gasteiger partial charge is 0.872 e. The second kappa shape index (κ2) is 58.7. The summed E-state index contributed by atoms with van der Waals surface area (Å²) in [6.45, 7) is 20.4. The van der Waals surface area contributed by atoms with Gasteiger partial charge in [0.15, 0.2) is 0 Å². The maximum atomic E-state index is 12.5. The number of fused-ring (bicyclic) bond motifs is 6. The van der Waals surface area contributed by atoms with Crippen LogP contribution in [0.5, 0.6) is 34.5 Å². The molecule has 8 fully saturated rings. The Morgan fingerprint density at radius 3 is 0.409 bits per heavy atom. The van der Waals surface area contributed by atoms with Gasteiger partial charge in [0, 0.05) is 106 Å². The van der Waals surface area contributed by atoms with Crippen molar-refractivity contribution in [2.75, 3.05) is 106 Å². The first kappa shape index (κ1) is 99.4. The second-order valence-corrected chi connectivity index (χ2v) is 27.9. The first-order valence-corrected chi connectivity index (χ1v) is 40.4. The zero-order chi connectivity index (χ0) is 77.7. The molecule has 0 N–H and O–H groups in total. The van der Waals surface area contributed by atoms with Crippen molar-refractivity contribution in [1.82, 2.24) is 0 Å². The third-order valence-corrected chi connectivity index (χ3v) is 19.4. The second-order valence-electron chi connectivity index (χ2n) is 27.9. The van der Waals surface area contributed by atoms with Crippen LogP contribution in [-0.2, 0) is 37.9 Å². The third-order valence-electron chi connectivity index (χ3n) is 19.4. The Hall–Kier alpha value is -6.15. The van der Waals surface area contributed by atoms with E-state index >= 15 is 0 Å². The molecule has 20 rings (SSSR count). The van der Waals surface area contributed by atoms with Crippen LogP contribution in [0.15, 0.2) is 218 Å². The van der Waals surface area contributed by atoms with Crippen molar-refractivity contribution in [3.63, 3.8) is 0 Å². The Morgan fingerprint density at radius 2 is 0.313 bits per heavy atom. The van der Waals surface area contributed by atoms with Crippen molar-refractivity contribution in [3.05, 3.63) is 218 Å². The van der Waals surface area contributed by atoms with E-state index < -0.39 is 0 Å². The molecule has 0 atom stereocenters. The van der Waals surface area contributed by atoms with E-state index in [2.05, 4.69) is 13.8 Å². The summed E-state index contributed by atoms with van der Waals surface area (Å²) in [5.74, 6) is -0.710. The molecule has 8 aliphatic rings. The molecule has 0 spiro atoms. The van der Waals surface area contributed by atoms with Crippen molar-refractivity contribution in [3.8, 4) is 67.9 Å². The molecule has 8 aliphatic heterocycles. The Kier molecular flexibility index (Phi) is 50.7. The summed E-state index contributed by atoms with van der Waals surface area (Å²) in [6, 6.07) is 66.1. The standard InChI is InChI=1S/3C20H14O2.C5H12.8C4H8O.Ce.3Li/c3*21-17-11-9-13-5-1-3-7-15(13)19(17)20-16-8-4-2-6-14(16)10-12-18(20)22;1-3-5-4-2;8*1-2-4-5-3-1;;;;/h3*1-12,21-22H;3-5H2,1-2H3;8*1-4H2;;;;/q;;;;;;;;;;;;+3;3*+1/p-6.